The van der Waals surface area contributed by atoms with Gasteiger partial charge in [0, 0.05) is 51.6 Å². The summed E-state index contributed by atoms with van der Waals surface area (Å²) >= 11 is 0. The second kappa shape index (κ2) is 15.6. The summed E-state index contributed by atoms with van der Waals surface area (Å²) in [6.45, 7) is 7.29. The highest BCUT2D eigenvalue weighted by molar-refractivity contribution is 6.04. The Bertz CT molecular complexity index is 1150. The highest BCUT2D eigenvalue weighted by Gasteiger charge is 2.33. The number of aromatic hydroxyl groups is 2. The highest BCUT2D eigenvalue weighted by atomic mass is 16.6. The van der Waals surface area contributed by atoms with Crippen molar-refractivity contribution in [1.82, 2.24) is 0 Å². The number of carbonyl (C=O) groups is 2. The second-order valence-corrected chi connectivity index (χ2v) is 10.3. The zero-order valence-corrected chi connectivity index (χ0v) is 25.0. The van der Waals surface area contributed by atoms with Gasteiger partial charge in [-0.2, -0.15) is 0 Å². The van der Waals surface area contributed by atoms with E-state index in [4.69, 9.17) is 29.4 Å². The van der Waals surface area contributed by atoms with E-state index in [1.165, 1.54) is 26.4 Å². The summed E-state index contributed by atoms with van der Waals surface area (Å²) in [5.74, 6) is -1.30. The lowest BCUT2D eigenvalue weighted by Crippen LogP contribution is -2.38. The molecule has 1 aromatic carbocycles. The molecule has 0 saturated heterocycles. The number of rotatable bonds is 5. The summed E-state index contributed by atoms with van der Waals surface area (Å²) in [5.41, 5.74) is 6.71. The third kappa shape index (κ3) is 8.80. The number of allylic oxidation sites excluding steroid dienone is 2. The van der Waals surface area contributed by atoms with Gasteiger partial charge in [-0.1, -0.05) is 38.2 Å². The SMILES string of the molecule is CO[C@H]1[C@@H](OC)C[C@H](C)[C@@H](OC)c2cc(O)cc(c2O)NC(=O)/C(C)=C\C=C[C@H](OC)[C@@H](OC(N)=O)C(C)=C[C@@H]1C. The number of fused-ring (bicyclic) bond motifs is 2. The molecule has 2 amide bonds. The van der Waals surface area contributed by atoms with Crippen molar-refractivity contribution in [2.75, 3.05) is 33.8 Å². The molecule has 7 atom stereocenters. The lowest BCUT2D eigenvalue weighted by atomic mass is 9.86. The van der Waals surface area contributed by atoms with E-state index in [0.29, 0.717) is 23.1 Å². The number of phenols is 2. The molecule has 1 aliphatic heterocycles. The Balaban J connectivity index is 2.71. The Morgan fingerprint density at radius 1 is 1.00 bits per heavy atom. The topological polar surface area (TPSA) is 159 Å². The van der Waals surface area contributed by atoms with Crippen LogP contribution in [-0.4, -0.2) is 75.1 Å². The van der Waals surface area contributed by atoms with Crippen LogP contribution in [0.25, 0.3) is 0 Å². The van der Waals surface area contributed by atoms with Gasteiger partial charge in [-0.15, -0.1) is 0 Å². The van der Waals surface area contributed by atoms with Crippen molar-refractivity contribution in [2.24, 2.45) is 17.6 Å². The predicted molar refractivity (Wildman–Crippen MR) is 155 cm³/mol. The van der Waals surface area contributed by atoms with Gasteiger partial charge >= 0.3 is 6.09 Å². The first-order chi connectivity index (χ1) is 19.4. The maximum Gasteiger partial charge on any atom is 0.405 e. The van der Waals surface area contributed by atoms with E-state index in [1.54, 1.807) is 46.3 Å². The third-order valence-electron chi connectivity index (χ3n) is 7.31. The summed E-state index contributed by atoms with van der Waals surface area (Å²) < 4.78 is 28.6. The van der Waals surface area contributed by atoms with E-state index in [-0.39, 0.29) is 29.0 Å². The monoisotopic (exact) mass is 576 g/mol. The number of ether oxygens (including phenoxy) is 5. The van der Waals surface area contributed by atoms with Crippen molar-refractivity contribution >= 4 is 17.7 Å². The van der Waals surface area contributed by atoms with Crippen molar-refractivity contribution in [1.29, 1.82) is 0 Å². The number of hydrogen-bond acceptors (Lipinski definition) is 9. The molecule has 11 nitrogen and oxygen atoms in total. The molecule has 1 heterocycles. The van der Waals surface area contributed by atoms with Gasteiger partial charge in [0.15, 0.2) is 6.10 Å². The van der Waals surface area contributed by atoms with Crippen molar-refractivity contribution in [3.8, 4) is 11.5 Å². The Morgan fingerprint density at radius 2 is 1.68 bits per heavy atom. The van der Waals surface area contributed by atoms with Crippen molar-refractivity contribution in [3.63, 3.8) is 0 Å². The van der Waals surface area contributed by atoms with Gasteiger partial charge in [-0.25, -0.2) is 4.79 Å². The minimum Gasteiger partial charge on any atom is -0.508 e. The number of methoxy groups -OCH3 is 4. The maximum absolute atomic E-state index is 12.9. The Morgan fingerprint density at radius 3 is 2.24 bits per heavy atom. The fourth-order valence-corrected chi connectivity index (χ4v) is 5.24. The number of phenolic OH excluding ortho intramolecular Hbond substituents is 2. The number of carbonyl (C=O) groups excluding carboxylic acids is 2. The van der Waals surface area contributed by atoms with Crippen LogP contribution in [0.4, 0.5) is 10.5 Å². The first kappa shape index (κ1) is 33.8. The molecule has 0 unspecified atom stereocenters. The molecule has 228 valence electrons. The van der Waals surface area contributed by atoms with Crippen LogP contribution < -0.4 is 11.1 Å². The molecule has 0 spiro atoms. The molecule has 41 heavy (non-hydrogen) atoms. The van der Waals surface area contributed by atoms with E-state index in [2.05, 4.69) is 5.32 Å². The first-order valence-corrected chi connectivity index (χ1v) is 13.4. The first-order valence-electron chi connectivity index (χ1n) is 13.4. The molecule has 5 N–H and O–H groups in total. The summed E-state index contributed by atoms with van der Waals surface area (Å²) in [4.78, 5) is 24.7. The van der Waals surface area contributed by atoms with E-state index in [0.717, 1.165) is 0 Å². The van der Waals surface area contributed by atoms with Crippen LogP contribution >= 0.6 is 0 Å². The minimum atomic E-state index is -0.961. The van der Waals surface area contributed by atoms with E-state index < -0.39 is 42.5 Å². The van der Waals surface area contributed by atoms with Crippen LogP contribution in [0.5, 0.6) is 11.5 Å². The number of amides is 2. The van der Waals surface area contributed by atoms with E-state index in [1.807, 2.05) is 19.9 Å². The van der Waals surface area contributed by atoms with Gasteiger partial charge in [0.2, 0.25) is 0 Å². The molecule has 0 saturated carbocycles. The molecule has 0 fully saturated rings. The number of nitrogens with two attached hydrogens (primary N) is 1. The summed E-state index contributed by atoms with van der Waals surface area (Å²) in [7, 11) is 6.15. The number of benzene rings is 1. The molecule has 2 rings (SSSR count). The lowest BCUT2D eigenvalue weighted by Gasteiger charge is -2.33. The Kier molecular flexibility index (Phi) is 12.8. The lowest BCUT2D eigenvalue weighted by molar-refractivity contribution is -0.112. The van der Waals surface area contributed by atoms with Gasteiger partial charge in [0.1, 0.15) is 17.6 Å². The fraction of sp³-hybridized carbons (Fsp3) is 0.533. The second-order valence-electron chi connectivity index (χ2n) is 10.3. The normalized spacial score (nSPS) is 29.7. The Hall–Kier alpha value is -3.38. The average molecular weight is 577 g/mol. The number of anilines is 1. The minimum absolute atomic E-state index is 0.0325. The Labute approximate surface area is 241 Å². The molecule has 0 radical (unpaired) electrons. The van der Waals surface area contributed by atoms with Crippen molar-refractivity contribution in [3.05, 3.63) is 53.1 Å². The quantitative estimate of drug-likeness (QED) is 0.227. The fourth-order valence-electron chi connectivity index (χ4n) is 5.24. The van der Waals surface area contributed by atoms with Gasteiger partial charge in [0.25, 0.3) is 5.91 Å². The third-order valence-corrected chi connectivity index (χ3v) is 7.31. The van der Waals surface area contributed by atoms with Crippen molar-refractivity contribution < 1.29 is 43.5 Å². The molecule has 0 aromatic heterocycles. The maximum atomic E-state index is 12.9. The van der Waals surface area contributed by atoms with Crippen LogP contribution in [0.3, 0.4) is 0 Å². The van der Waals surface area contributed by atoms with Crippen LogP contribution in [0.1, 0.15) is 45.8 Å². The standard InChI is InChI=1S/C30H44N2O9/c1-16-10-9-11-23(37-5)28(41-30(31)36)18(3)12-17(2)27(40-8)24(38-6)13-19(4)26(39-7)21-14-20(33)15-22(25(21)34)32-29(16)35/h9-12,14-15,17,19,23-24,26-28,33-34H,13H2,1-8H3,(H2,31,36)(H,32,35)/b11-9?,16-10-,18-12?/t17-,19-,23-,24-,26+,27+,28-/m0/s1. The number of primary amides is 1. The van der Waals surface area contributed by atoms with Crippen LogP contribution in [0.15, 0.2) is 47.6 Å². The summed E-state index contributed by atoms with van der Waals surface area (Å²) in [5, 5.41) is 24.2. The zero-order chi connectivity index (χ0) is 30.9. The van der Waals surface area contributed by atoms with Gasteiger partial charge in [-0.3, -0.25) is 4.79 Å². The summed E-state index contributed by atoms with van der Waals surface area (Å²) in [6.07, 6.45) is 3.14. The van der Waals surface area contributed by atoms with Crippen LogP contribution in [0, 0.1) is 11.8 Å². The molecule has 2 bridgehead atoms. The molecular weight excluding hydrogens is 532 g/mol. The van der Waals surface area contributed by atoms with Gasteiger partial charge < -0.3 is 44.9 Å². The van der Waals surface area contributed by atoms with Gasteiger partial charge in [0.05, 0.1) is 24.0 Å². The summed E-state index contributed by atoms with van der Waals surface area (Å²) in [6, 6.07) is 2.68. The smallest absolute Gasteiger partial charge is 0.405 e. The zero-order valence-electron chi connectivity index (χ0n) is 25.0. The van der Waals surface area contributed by atoms with E-state index in [9.17, 15) is 19.8 Å². The molecule has 0 aliphatic carbocycles. The van der Waals surface area contributed by atoms with E-state index >= 15 is 0 Å². The molecule has 1 aliphatic rings. The van der Waals surface area contributed by atoms with Gasteiger partial charge in [-0.05, 0) is 37.8 Å². The number of hydrogen-bond donors (Lipinski definition) is 4. The predicted octanol–water partition coefficient (Wildman–Crippen LogP) is 4.36. The largest absolute Gasteiger partial charge is 0.508 e. The van der Waals surface area contributed by atoms with Crippen molar-refractivity contribution in [2.45, 2.75) is 64.6 Å². The average Bonchev–Trinajstić information content (AvgIpc) is 2.91. The highest BCUT2D eigenvalue weighted by Crippen LogP contribution is 2.41. The molecule has 11 heteroatoms. The molecular formula is C30H44N2O9. The van der Waals surface area contributed by atoms with Crippen LogP contribution in [0.2, 0.25) is 0 Å². The van der Waals surface area contributed by atoms with Crippen LogP contribution in [-0.2, 0) is 28.5 Å². The molecule has 1 aromatic rings. The number of nitrogens with one attached hydrogen (secondary N) is 1.